The topological polar surface area (TPSA) is 177 Å². The number of esters is 1. The highest BCUT2D eigenvalue weighted by atomic mass is 32.2. The van der Waals surface area contributed by atoms with Crippen LogP contribution in [0.3, 0.4) is 0 Å². The van der Waals surface area contributed by atoms with Crippen molar-refractivity contribution < 1.29 is 37.0 Å². The molecule has 0 fully saturated rings. The zero-order valence-electron chi connectivity index (χ0n) is 26.0. The van der Waals surface area contributed by atoms with Crippen LogP contribution in [0.5, 0.6) is 5.75 Å². The summed E-state index contributed by atoms with van der Waals surface area (Å²) < 4.78 is 45.2. The fourth-order valence-corrected chi connectivity index (χ4v) is 6.22. The standard InChI is InChI=1S/C30H35N5O8S2/c1-29(2,3)42-27(37)25-26(44-18-33-25)35(17-19-8-10-21(41-7)11-9-19)45(39,40)22-12-13-23(20(14-22)15-31)34-24(36)16-32-28(38)43-30(4,5)6/h8-14,18H,16-17H2,1-7H3,(H,32,38)(H,34,36). The molecule has 1 aromatic heterocycles. The molecule has 240 valence electrons. The van der Waals surface area contributed by atoms with Crippen molar-refractivity contribution in [2.75, 3.05) is 23.3 Å². The highest BCUT2D eigenvalue weighted by molar-refractivity contribution is 7.93. The Morgan fingerprint density at radius 1 is 1.00 bits per heavy atom. The van der Waals surface area contributed by atoms with E-state index in [1.54, 1.807) is 65.8 Å². The summed E-state index contributed by atoms with van der Waals surface area (Å²) in [5, 5.41) is 14.6. The number of carbonyl (C=O) groups excluding carboxylic acids is 3. The van der Waals surface area contributed by atoms with Gasteiger partial charge in [0.05, 0.1) is 35.3 Å². The van der Waals surface area contributed by atoms with E-state index >= 15 is 0 Å². The number of hydrogen-bond acceptors (Lipinski definition) is 11. The van der Waals surface area contributed by atoms with Crippen LogP contribution in [0.25, 0.3) is 0 Å². The minimum Gasteiger partial charge on any atom is -0.497 e. The van der Waals surface area contributed by atoms with Crippen molar-refractivity contribution in [2.45, 2.75) is 64.2 Å². The smallest absolute Gasteiger partial charge is 0.408 e. The number of nitrogens with zero attached hydrogens (tertiary/aromatic N) is 3. The van der Waals surface area contributed by atoms with Crippen LogP contribution in [0.1, 0.15) is 63.2 Å². The van der Waals surface area contributed by atoms with Gasteiger partial charge in [0.15, 0.2) is 5.69 Å². The van der Waals surface area contributed by atoms with E-state index in [0.29, 0.717) is 11.3 Å². The van der Waals surface area contributed by atoms with E-state index in [-0.39, 0.29) is 33.4 Å². The molecular weight excluding hydrogens is 622 g/mol. The molecule has 2 N–H and O–H groups in total. The Bertz CT molecular complexity index is 1700. The van der Waals surface area contributed by atoms with E-state index in [1.807, 2.05) is 6.07 Å². The summed E-state index contributed by atoms with van der Waals surface area (Å²) in [5.41, 5.74) is -0.00951. The molecule has 3 aromatic rings. The number of rotatable bonds is 10. The van der Waals surface area contributed by atoms with Crippen LogP contribution in [-0.2, 0) is 30.8 Å². The quantitative estimate of drug-likeness (QED) is 0.287. The molecule has 2 aromatic carbocycles. The van der Waals surface area contributed by atoms with Crippen LogP contribution >= 0.6 is 11.3 Å². The molecular formula is C30H35N5O8S2. The lowest BCUT2D eigenvalue weighted by Crippen LogP contribution is -2.37. The number of nitrogens with one attached hydrogen (secondary N) is 2. The van der Waals surface area contributed by atoms with Crippen LogP contribution in [0, 0.1) is 11.3 Å². The molecule has 45 heavy (non-hydrogen) atoms. The first kappa shape index (κ1) is 34.8. The molecule has 0 aliphatic rings. The van der Waals surface area contributed by atoms with Gasteiger partial charge in [-0.3, -0.25) is 9.10 Å². The van der Waals surface area contributed by atoms with Crippen molar-refractivity contribution >= 4 is 50.0 Å². The van der Waals surface area contributed by atoms with Crippen molar-refractivity contribution in [1.29, 1.82) is 5.26 Å². The van der Waals surface area contributed by atoms with E-state index in [9.17, 15) is 28.1 Å². The molecule has 0 saturated heterocycles. The first-order chi connectivity index (χ1) is 20.9. The largest absolute Gasteiger partial charge is 0.497 e. The lowest BCUT2D eigenvalue weighted by molar-refractivity contribution is -0.115. The maximum Gasteiger partial charge on any atom is 0.408 e. The summed E-state index contributed by atoms with van der Waals surface area (Å²) >= 11 is 0.936. The predicted molar refractivity (Wildman–Crippen MR) is 168 cm³/mol. The molecule has 15 heteroatoms. The maximum absolute atomic E-state index is 14.2. The number of carbonyl (C=O) groups is 3. The van der Waals surface area contributed by atoms with Gasteiger partial charge in [0.25, 0.3) is 10.0 Å². The SMILES string of the molecule is COc1ccc(CN(c2scnc2C(=O)OC(C)(C)C)S(=O)(=O)c2ccc(NC(=O)CNC(=O)OC(C)(C)C)c(C#N)c2)cc1. The average molecular weight is 658 g/mol. The van der Waals surface area contributed by atoms with Crippen molar-refractivity contribution in [3.8, 4) is 11.8 Å². The van der Waals surface area contributed by atoms with Crippen LogP contribution in [0.15, 0.2) is 52.9 Å². The predicted octanol–water partition coefficient (Wildman–Crippen LogP) is 4.84. The second-order valence-electron chi connectivity index (χ2n) is 11.6. The first-order valence-electron chi connectivity index (χ1n) is 13.6. The number of ether oxygens (including phenoxy) is 3. The molecule has 13 nitrogen and oxygen atoms in total. The molecule has 0 radical (unpaired) electrons. The van der Waals surface area contributed by atoms with Crippen molar-refractivity contribution in [1.82, 2.24) is 10.3 Å². The minimum atomic E-state index is -4.43. The van der Waals surface area contributed by atoms with Gasteiger partial charge < -0.3 is 24.8 Å². The molecule has 0 bridgehead atoms. The number of aromatic nitrogens is 1. The molecule has 3 rings (SSSR count). The number of alkyl carbamates (subject to hydrolysis) is 1. The Morgan fingerprint density at radius 3 is 2.22 bits per heavy atom. The number of benzene rings is 2. The molecule has 0 aliphatic carbocycles. The van der Waals surface area contributed by atoms with Gasteiger partial charge in [-0.15, -0.1) is 11.3 Å². The molecule has 0 unspecified atom stereocenters. The van der Waals surface area contributed by atoms with Gasteiger partial charge in [0, 0.05) is 0 Å². The fraction of sp³-hybridized carbons (Fsp3) is 0.367. The van der Waals surface area contributed by atoms with Crippen LogP contribution in [0.2, 0.25) is 0 Å². The normalized spacial score (nSPS) is 11.6. The van der Waals surface area contributed by atoms with Gasteiger partial charge in [-0.1, -0.05) is 12.1 Å². The zero-order valence-corrected chi connectivity index (χ0v) is 27.6. The van der Waals surface area contributed by atoms with Crippen LogP contribution in [0.4, 0.5) is 15.5 Å². The lowest BCUT2D eigenvalue weighted by atomic mass is 10.2. The number of amides is 2. The number of methoxy groups -OCH3 is 1. The van der Waals surface area contributed by atoms with Crippen molar-refractivity contribution in [3.63, 3.8) is 0 Å². The van der Waals surface area contributed by atoms with Crippen LogP contribution in [-0.4, -0.2) is 56.2 Å². The van der Waals surface area contributed by atoms with E-state index in [0.717, 1.165) is 21.7 Å². The molecule has 0 aliphatic heterocycles. The third-order valence-corrected chi connectivity index (χ3v) is 8.32. The van der Waals surface area contributed by atoms with Gasteiger partial charge >= 0.3 is 12.1 Å². The fourth-order valence-electron chi connectivity index (χ4n) is 3.72. The van der Waals surface area contributed by atoms with Gasteiger partial charge in [-0.2, -0.15) is 5.26 Å². The summed E-state index contributed by atoms with van der Waals surface area (Å²) in [6.45, 7) is 9.42. The highest BCUT2D eigenvalue weighted by Gasteiger charge is 2.33. The third-order valence-electron chi connectivity index (χ3n) is 5.62. The summed E-state index contributed by atoms with van der Waals surface area (Å²) in [4.78, 5) is 41.2. The third kappa shape index (κ3) is 9.65. The van der Waals surface area contributed by atoms with E-state index in [4.69, 9.17) is 14.2 Å². The van der Waals surface area contributed by atoms with E-state index in [2.05, 4.69) is 15.6 Å². The van der Waals surface area contributed by atoms with Gasteiger partial charge in [0.2, 0.25) is 5.91 Å². The Hall–Kier alpha value is -4.68. The molecule has 0 atom stereocenters. The minimum absolute atomic E-state index is 0.0178. The molecule has 0 spiro atoms. The summed E-state index contributed by atoms with van der Waals surface area (Å²) in [6, 6.07) is 12.2. The summed E-state index contributed by atoms with van der Waals surface area (Å²) in [6.07, 6.45) is -0.801. The Labute approximate surface area is 266 Å². The van der Waals surface area contributed by atoms with Crippen LogP contribution < -0.4 is 19.7 Å². The molecule has 1 heterocycles. The van der Waals surface area contributed by atoms with Crippen molar-refractivity contribution in [3.05, 3.63) is 64.8 Å². The molecule has 2 amide bonds. The Morgan fingerprint density at radius 2 is 1.64 bits per heavy atom. The van der Waals surface area contributed by atoms with E-state index in [1.165, 1.54) is 24.8 Å². The summed E-state index contributed by atoms with van der Waals surface area (Å²) in [5.74, 6) is -0.900. The van der Waals surface area contributed by atoms with Gasteiger partial charge in [-0.25, -0.2) is 23.0 Å². The second-order valence-corrected chi connectivity index (χ2v) is 14.3. The maximum atomic E-state index is 14.2. The Kier molecular flexibility index (Phi) is 10.8. The summed E-state index contributed by atoms with van der Waals surface area (Å²) in [7, 11) is -2.92. The number of hydrogen-bond donors (Lipinski definition) is 2. The lowest BCUT2D eigenvalue weighted by Gasteiger charge is -2.25. The number of thiazole rings is 1. The van der Waals surface area contributed by atoms with Gasteiger partial charge in [0.1, 0.15) is 34.6 Å². The zero-order chi connectivity index (χ0) is 33.6. The average Bonchev–Trinajstić information content (AvgIpc) is 3.43. The van der Waals surface area contributed by atoms with E-state index < -0.39 is 45.7 Å². The highest BCUT2D eigenvalue weighted by Crippen LogP contribution is 2.34. The monoisotopic (exact) mass is 657 g/mol. The second kappa shape index (κ2) is 14.0. The van der Waals surface area contributed by atoms with Gasteiger partial charge in [-0.05, 0) is 77.4 Å². The molecule has 0 saturated carbocycles. The number of nitriles is 1. The van der Waals surface area contributed by atoms with Crippen molar-refractivity contribution in [2.24, 2.45) is 0 Å². The number of anilines is 2. The first-order valence-corrected chi connectivity index (χ1v) is 15.9. The Balaban J connectivity index is 1.97. The number of sulfonamides is 1.